The molecule has 0 aromatic heterocycles. The second kappa shape index (κ2) is 10.0. The molecule has 0 aliphatic heterocycles. The first-order valence-electron chi connectivity index (χ1n) is 11.1. The van der Waals surface area contributed by atoms with E-state index in [-0.39, 0.29) is 37.7 Å². The summed E-state index contributed by atoms with van der Waals surface area (Å²) < 4.78 is 10.1. The fourth-order valence-corrected chi connectivity index (χ4v) is 4.13. The van der Waals surface area contributed by atoms with Gasteiger partial charge >= 0.3 is 11.9 Å². The van der Waals surface area contributed by atoms with Crippen molar-refractivity contribution in [1.29, 1.82) is 0 Å². The Bertz CT molecular complexity index is 935. The van der Waals surface area contributed by atoms with Crippen LogP contribution >= 0.6 is 0 Å². The van der Waals surface area contributed by atoms with E-state index in [9.17, 15) is 19.2 Å². The Kier molecular flexibility index (Phi) is 8.06. The summed E-state index contributed by atoms with van der Waals surface area (Å²) in [6.45, 7) is 8.20. The molecule has 0 saturated carbocycles. The monoisotopic (exact) mass is 461 g/mol. The molecule has 2 N–H and O–H groups in total. The normalized spacial score (nSPS) is 15.1. The molecule has 8 heteroatoms. The predicted octanol–water partition coefficient (Wildman–Crippen LogP) is 3.30. The van der Waals surface area contributed by atoms with Gasteiger partial charge in [-0.3, -0.25) is 19.2 Å². The van der Waals surface area contributed by atoms with Crippen molar-refractivity contribution in [1.82, 2.24) is 0 Å². The quantitative estimate of drug-likeness (QED) is 0.485. The van der Waals surface area contributed by atoms with Crippen LogP contribution in [0.2, 0.25) is 0 Å². The van der Waals surface area contributed by atoms with E-state index in [1.165, 1.54) is 7.11 Å². The average Bonchev–Trinajstić information content (AvgIpc) is 2.75. The number of aliphatic hydroxyl groups is 1. The van der Waals surface area contributed by atoms with Crippen LogP contribution in [0.15, 0.2) is 18.2 Å². The molecule has 0 bridgehead atoms. The molecule has 1 amide bonds. The fraction of sp³-hybridized carbons (Fsp3) is 0.600. The first-order valence-corrected chi connectivity index (χ1v) is 11.1. The molecule has 0 saturated heterocycles. The third kappa shape index (κ3) is 6.19. The van der Waals surface area contributed by atoms with E-state index in [1.807, 2.05) is 6.07 Å². The van der Waals surface area contributed by atoms with Crippen LogP contribution in [0.3, 0.4) is 0 Å². The lowest BCUT2D eigenvalue weighted by atomic mass is 9.69. The van der Waals surface area contributed by atoms with Gasteiger partial charge in [0.25, 0.3) is 0 Å². The maximum Gasteiger partial charge on any atom is 0.311 e. The SMILES string of the molecule is COC(=O)C(C)(C)CC(C)(CCC(C)(C)C(=O)Nc1ccc2c(c1)C(=O)C2)C(=O)OCCO. The summed E-state index contributed by atoms with van der Waals surface area (Å²) in [6, 6.07) is 5.29. The molecule has 1 aliphatic rings. The molecule has 0 radical (unpaired) electrons. The maximum absolute atomic E-state index is 13.0. The number of anilines is 1. The highest BCUT2D eigenvalue weighted by molar-refractivity contribution is 6.08. The minimum absolute atomic E-state index is 0.0609. The zero-order valence-electron chi connectivity index (χ0n) is 20.4. The molecular weight excluding hydrogens is 426 g/mol. The minimum Gasteiger partial charge on any atom is -0.469 e. The van der Waals surface area contributed by atoms with Gasteiger partial charge in [0.1, 0.15) is 6.61 Å². The van der Waals surface area contributed by atoms with Crippen LogP contribution in [0.4, 0.5) is 5.69 Å². The van der Waals surface area contributed by atoms with Gasteiger partial charge < -0.3 is 19.9 Å². The number of fused-ring (bicyclic) bond motifs is 1. The van der Waals surface area contributed by atoms with Gasteiger partial charge in [0, 0.05) is 23.1 Å². The number of carbonyl (C=O) groups is 4. The van der Waals surface area contributed by atoms with E-state index in [0.29, 0.717) is 24.1 Å². The van der Waals surface area contributed by atoms with Crippen molar-refractivity contribution in [3.05, 3.63) is 29.3 Å². The van der Waals surface area contributed by atoms with Crippen molar-refractivity contribution in [3.63, 3.8) is 0 Å². The lowest BCUT2D eigenvalue weighted by Gasteiger charge is -2.36. The Labute approximate surface area is 195 Å². The van der Waals surface area contributed by atoms with Gasteiger partial charge in [-0.25, -0.2) is 0 Å². The van der Waals surface area contributed by atoms with E-state index < -0.39 is 28.2 Å². The van der Waals surface area contributed by atoms with E-state index in [2.05, 4.69) is 5.32 Å². The number of benzene rings is 1. The van der Waals surface area contributed by atoms with E-state index in [4.69, 9.17) is 14.6 Å². The van der Waals surface area contributed by atoms with Crippen molar-refractivity contribution in [2.75, 3.05) is 25.6 Å². The van der Waals surface area contributed by atoms with Gasteiger partial charge in [-0.15, -0.1) is 0 Å². The van der Waals surface area contributed by atoms with Crippen LogP contribution in [0.25, 0.3) is 0 Å². The van der Waals surface area contributed by atoms with E-state index >= 15 is 0 Å². The number of ether oxygens (including phenoxy) is 2. The number of aliphatic hydroxyl groups excluding tert-OH is 1. The number of hydrogen-bond donors (Lipinski definition) is 2. The molecular formula is C25H35NO7. The highest BCUT2D eigenvalue weighted by Crippen LogP contribution is 2.42. The summed E-state index contributed by atoms with van der Waals surface area (Å²) in [7, 11) is 1.30. The molecule has 1 aliphatic carbocycles. The zero-order chi connectivity index (χ0) is 25.0. The fourth-order valence-electron chi connectivity index (χ4n) is 4.13. The van der Waals surface area contributed by atoms with Crippen molar-refractivity contribution >= 4 is 29.3 Å². The molecule has 0 fully saturated rings. The molecule has 0 heterocycles. The van der Waals surface area contributed by atoms with Crippen molar-refractivity contribution in [3.8, 4) is 0 Å². The molecule has 1 aromatic carbocycles. The third-order valence-electron chi connectivity index (χ3n) is 6.32. The second-order valence-corrected chi connectivity index (χ2v) is 10.3. The van der Waals surface area contributed by atoms with Gasteiger partial charge in [-0.2, -0.15) is 0 Å². The standard InChI is InChI=1S/C25H35NO7/c1-23(2,20(29)26-17-8-7-16-13-19(28)18(16)14-17)9-10-25(5,22(31)33-12-11-27)15-24(3,4)21(30)32-6/h7-8,14,27H,9-13,15H2,1-6H3,(H,26,29). The van der Waals surface area contributed by atoms with Crippen LogP contribution < -0.4 is 5.32 Å². The number of Topliss-reactive ketones (excluding diaryl/α,β-unsaturated/α-hetero) is 1. The summed E-state index contributed by atoms with van der Waals surface area (Å²) in [4.78, 5) is 49.8. The predicted molar refractivity (Wildman–Crippen MR) is 123 cm³/mol. The Morgan fingerprint density at radius 1 is 1.03 bits per heavy atom. The average molecular weight is 462 g/mol. The number of rotatable bonds is 11. The molecule has 8 nitrogen and oxygen atoms in total. The number of hydrogen-bond acceptors (Lipinski definition) is 7. The topological polar surface area (TPSA) is 119 Å². The number of carbonyl (C=O) groups excluding carboxylic acids is 4. The number of esters is 2. The van der Waals surface area contributed by atoms with E-state index in [0.717, 1.165) is 5.56 Å². The van der Waals surface area contributed by atoms with E-state index in [1.54, 1.807) is 46.8 Å². The summed E-state index contributed by atoms with van der Waals surface area (Å²) in [5.41, 5.74) is -0.714. The highest BCUT2D eigenvalue weighted by Gasteiger charge is 2.45. The van der Waals surface area contributed by atoms with Gasteiger partial charge in [-0.1, -0.05) is 19.9 Å². The first-order chi connectivity index (χ1) is 15.3. The van der Waals surface area contributed by atoms with Crippen molar-refractivity contribution in [2.45, 2.75) is 60.3 Å². The van der Waals surface area contributed by atoms with Crippen molar-refractivity contribution < 1.29 is 33.8 Å². The van der Waals surface area contributed by atoms with Gasteiger partial charge in [0.05, 0.1) is 24.5 Å². The number of ketones is 1. The Hall–Kier alpha value is -2.74. The molecule has 1 atom stereocenters. The zero-order valence-corrected chi connectivity index (χ0v) is 20.4. The van der Waals surface area contributed by atoms with Crippen molar-refractivity contribution in [2.24, 2.45) is 16.2 Å². The summed E-state index contributed by atoms with van der Waals surface area (Å²) in [5.74, 6) is -1.17. The molecule has 2 rings (SSSR count). The Morgan fingerprint density at radius 2 is 1.70 bits per heavy atom. The van der Waals surface area contributed by atoms with Crippen LogP contribution in [-0.4, -0.2) is 49.1 Å². The molecule has 1 unspecified atom stereocenters. The number of nitrogens with one attached hydrogen (secondary N) is 1. The highest BCUT2D eigenvalue weighted by atomic mass is 16.5. The summed E-state index contributed by atoms with van der Waals surface area (Å²) in [5, 5.41) is 11.9. The summed E-state index contributed by atoms with van der Waals surface area (Å²) in [6.07, 6.45) is 1.20. The number of methoxy groups -OCH3 is 1. The Balaban J connectivity index is 2.14. The largest absolute Gasteiger partial charge is 0.469 e. The smallest absolute Gasteiger partial charge is 0.311 e. The van der Waals surface area contributed by atoms with Crippen LogP contribution in [0.1, 0.15) is 69.8 Å². The van der Waals surface area contributed by atoms with Gasteiger partial charge in [0.15, 0.2) is 5.78 Å². The molecule has 1 aromatic rings. The lowest BCUT2D eigenvalue weighted by molar-refractivity contribution is -0.163. The first kappa shape index (κ1) is 26.5. The second-order valence-electron chi connectivity index (χ2n) is 10.3. The third-order valence-corrected chi connectivity index (χ3v) is 6.32. The molecule has 0 spiro atoms. The lowest BCUT2D eigenvalue weighted by Crippen LogP contribution is -2.41. The van der Waals surface area contributed by atoms with Crippen LogP contribution in [0.5, 0.6) is 0 Å². The molecule has 33 heavy (non-hydrogen) atoms. The Morgan fingerprint density at radius 3 is 2.27 bits per heavy atom. The van der Waals surface area contributed by atoms with Gasteiger partial charge in [0.2, 0.25) is 5.91 Å². The van der Waals surface area contributed by atoms with Crippen LogP contribution in [-0.2, 0) is 30.3 Å². The summed E-state index contributed by atoms with van der Waals surface area (Å²) >= 11 is 0. The minimum atomic E-state index is -1.08. The number of amides is 1. The van der Waals surface area contributed by atoms with Gasteiger partial charge in [-0.05, 0) is 57.7 Å². The molecule has 182 valence electrons. The van der Waals surface area contributed by atoms with Crippen LogP contribution in [0, 0.1) is 16.2 Å². The maximum atomic E-state index is 13.0.